The molecule has 0 saturated carbocycles. The van der Waals surface area contributed by atoms with Crippen LogP contribution in [0.5, 0.6) is 17.2 Å². The lowest BCUT2D eigenvalue weighted by molar-refractivity contribution is -0.0754. The van der Waals surface area contributed by atoms with Gasteiger partial charge in [0, 0.05) is 6.04 Å². The molecular weight excluding hydrogens is 609 g/mol. The van der Waals surface area contributed by atoms with Crippen molar-refractivity contribution in [1.82, 2.24) is 0 Å². The number of rotatable bonds is 15. The molecule has 3 aromatic rings. The van der Waals surface area contributed by atoms with Gasteiger partial charge in [0.1, 0.15) is 17.2 Å². The average molecular weight is 669 g/mol. The minimum Gasteiger partial charge on any atom is -0.483 e. The normalized spacial score (nSPS) is 12.6. The average Bonchev–Trinajstić information content (AvgIpc) is 2.94. The maximum atomic E-state index is 6.41. The van der Waals surface area contributed by atoms with Gasteiger partial charge in [-0.3, -0.25) is 0 Å². The van der Waals surface area contributed by atoms with E-state index in [2.05, 4.69) is 76.2 Å². The molecule has 0 unspecified atom stereocenters. The third kappa shape index (κ3) is 16.3. The topological polar surface area (TPSA) is 55.4 Å². The van der Waals surface area contributed by atoms with Gasteiger partial charge in [-0.1, -0.05) is 81.3 Å². The molecule has 0 fully saturated rings. The van der Waals surface area contributed by atoms with E-state index >= 15 is 0 Å². The highest BCUT2D eigenvalue weighted by Gasteiger charge is 2.50. The summed E-state index contributed by atoms with van der Waals surface area (Å²) in [6.45, 7) is 23.0. The summed E-state index contributed by atoms with van der Waals surface area (Å²) in [7, 11) is -5.76. The van der Waals surface area contributed by atoms with Crippen molar-refractivity contribution in [2.45, 2.75) is 131 Å². The molecule has 256 valence electrons. The summed E-state index contributed by atoms with van der Waals surface area (Å²) in [4.78, 5) is 0. The lowest BCUT2D eigenvalue weighted by Crippen LogP contribution is -2.57. The van der Waals surface area contributed by atoms with Gasteiger partial charge in [-0.05, 0) is 112 Å². The van der Waals surface area contributed by atoms with Crippen molar-refractivity contribution < 1.29 is 26.6 Å². The first-order valence-electron chi connectivity index (χ1n) is 16.8. The third-order valence-electron chi connectivity index (χ3n) is 6.11. The van der Waals surface area contributed by atoms with Crippen LogP contribution in [0.1, 0.15) is 102 Å². The Labute approximate surface area is 282 Å². The first kappa shape index (κ1) is 39.6. The van der Waals surface area contributed by atoms with Gasteiger partial charge in [0.15, 0.2) is 0 Å². The number of benzene rings is 3. The van der Waals surface area contributed by atoms with Crippen LogP contribution >= 0.6 is 0 Å². The molecule has 0 aromatic heterocycles. The molecule has 0 heterocycles. The van der Waals surface area contributed by atoms with Gasteiger partial charge in [0.2, 0.25) is 0 Å². The summed E-state index contributed by atoms with van der Waals surface area (Å²) in [6, 6.07) is 30.9. The number of unbranched alkanes of at least 4 members (excludes halogenated alkanes) is 2. The van der Waals surface area contributed by atoms with E-state index in [1.54, 1.807) is 0 Å². The van der Waals surface area contributed by atoms with E-state index in [1.807, 2.05) is 91.0 Å². The molecule has 8 heteroatoms. The molecular formula is C38H60O6Si2. The molecule has 0 aliphatic carbocycles. The fourth-order valence-corrected chi connectivity index (χ4v) is 11.3. The number of hydrogen-bond acceptors (Lipinski definition) is 6. The molecule has 3 rings (SSSR count). The van der Waals surface area contributed by atoms with Gasteiger partial charge < -0.3 is 26.6 Å². The molecule has 0 aliphatic rings. The number of para-hydroxylation sites is 3. The van der Waals surface area contributed by atoms with E-state index in [-0.39, 0.29) is 16.8 Å². The van der Waals surface area contributed by atoms with Crippen LogP contribution in [0, 0.1) is 0 Å². The lowest BCUT2D eigenvalue weighted by atomic mass is 10.2. The van der Waals surface area contributed by atoms with E-state index in [0.717, 1.165) is 55.0 Å². The molecule has 0 radical (unpaired) electrons. The predicted molar refractivity (Wildman–Crippen MR) is 195 cm³/mol. The molecule has 3 aromatic carbocycles. The van der Waals surface area contributed by atoms with Gasteiger partial charge in [0.05, 0.1) is 22.8 Å². The van der Waals surface area contributed by atoms with Gasteiger partial charge in [0.25, 0.3) is 0 Å². The number of hydrogen-bond donors (Lipinski definition) is 0. The summed E-state index contributed by atoms with van der Waals surface area (Å²) >= 11 is 0. The van der Waals surface area contributed by atoms with Crippen molar-refractivity contribution in [3.8, 4) is 17.2 Å². The zero-order valence-electron chi connectivity index (χ0n) is 30.4. The van der Waals surface area contributed by atoms with Crippen LogP contribution in [0.25, 0.3) is 0 Å². The molecule has 46 heavy (non-hydrogen) atoms. The fraction of sp³-hybridized carbons (Fsp3) is 0.526. The second kappa shape index (κ2) is 18.1. The van der Waals surface area contributed by atoms with Crippen LogP contribution in [0.4, 0.5) is 0 Å². The molecule has 0 aliphatic heterocycles. The molecule has 0 N–H and O–H groups in total. The van der Waals surface area contributed by atoms with E-state index in [9.17, 15) is 0 Å². The summed E-state index contributed by atoms with van der Waals surface area (Å²) in [5.41, 5.74) is -0.802. The molecule has 0 atom stereocenters. The van der Waals surface area contributed by atoms with E-state index in [1.165, 1.54) is 0 Å². The Morgan fingerprint density at radius 2 is 0.674 bits per heavy atom. The summed E-state index contributed by atoms with van der Waals surface area (Å²) in [6.07, 6.45) is 4.19. The maximum Gasteiger partial charge on any atom is 0.699 e. The zero-order valence-corrected chi connectivity index (χ0v) is 32.4. The SMILES string of the molecule is CCCC[Si](OC(C)(C)C)(OC(C)(C)C)OC(C)(C)C.CCCC[Si](Oc1ccccc1)(Oc1ccccc1)Oc1ccccc1. The first-order valence-corrected chi connectivity index (χ1v) is 20.7. The van der Waals surface area contributed by atoms with Gasteiger partial charge in [-0.15, -0.1) is 0 Å². The highest BCUT2D eigenvalue weighted by Crippen LogP contribution is 2.33. The van der Waals surface area contributed by atoms with Crippen molar-refractivity contribution >= 4 is 17.6 Å². The highest BCUT2D eigenvalue weighted by molar-refractivity contribution is 6.63. The summed E-state index contributed by atoms with van der Waals surface area (Å²) in [5.74, 6) is 2.30. The zero-order chi connectivity index (χ0) is 34.3. The van der Waals surface area contributed by atoms with Crippen molar-refractivity contribution in [1.29, 1.82) is 0 Å². The largest absolute Gasteiger partial charge is 0.699 e. The second-order valence-electron chi connectivity index (χ2n) is 14.5. The smallest absolute Gasteiger partial charge is 0.483 e. The molecule has 0 bridgehead atoms. The van der Waals surface area contributed by atoms with Crippen molar-refractivity contribution in [2.24, 2.45) is 0 Å². The van der Waals surface area contributed by atoms with Crippen molar-refractivity contribution in [2.75, 3.05) is 0 Å². The molecule has 6 nitrogen and oxygen atoms in total. The Morgan fingerprint density at radius 1 is 0.413 bits per heavy atom. The highest BCUT2D eigenvalue weighted by atomic mass is 28.4. The predicted octanol–water partition coefficient (Wildman–Crippen LogP) is 11.1. The van der Waals surface area contributed by atoms with E-state index in [4.69, 9.17) is 26.6 Å². The Kier molecular flexibility index (Phi) is 15.5. The van der Waals surface area contributed by atoms with Crippen LogP contribution < -0.4 is 13.3 Å². The Balaban J connectivity index is 0.000000334. The van der Waals surface area contributed by atoms with Gasteiger partial charge in [-0.2, -0.15) is 0 Å². The monoisotopic (exact) mass is 668 g/mol. The van der Waals surface area contributed by atoms with Crippen LogP contribution in [0.2, 0.25) is 12.1 Å². The van der Waals surface area contributed by atoms with Gasteiger partial charge >= 0.3 is 17.6 Å². The first-order chi connectivity index (χ1) is 21.5. The Morgan fingerprint density at radius 3 is 0.913 bits per heavy atom. The fourth-order valence-electron chi connectivity index (χ4n) is 4.62. The third-order valence-corrected chi connectivity index (χ3v) is 12.4. The van der Waals surface area contributed by atoms with E-state index < -0.39 is 17.6 Å². The molecule has 0 amide bonds. The summed E-state index contributed by atoms with van der Waals surface area (Å²) in [5, 5.41) is 0. The van der Waals surface area contributed by atoms with Crippen LogP contribution in [0.3, 0.4) is 0 Å². The Bertz CT molecular complexity index is 1080. The van der Waals surface area contributed by atoms with Gasteiger partial charge in [-0.25, -0.2) is 0 Å². The molecule has 0 saturated heterocycles. The minimum atomic E-state index is -3.04. The van der Waals surface area contributed by atoms with Crippen LogP contribution in [-0.4, -0.2) is 34.4 Å². The molecule has 0 spiro atoms. The maximum absolute atomic E-state index is 6.41. The quantitative estimate of drug-likeness (QED) is 0.150. The van der Waals surface area contributed by atoms with Crippen molar-refractivity contribution in [3.63, 3.8) is 0 Å². The van der Waals surface area contributed by atoms with E-state index in [0.29, 0.717) is 0 Å². The van der Waals surface area contributed by atoms with Crippen LogP contribution in [-0.2, 0) is 13.3 Å². The van der Waals surface area contributed by atoms with Crippen molar-refractivity contribution in [3.05, 3.63) is 91.0 Å². The van der Waals surface area contributed by atoms with Crippen LogP contribution in [0.15, 0.2) is 91.0 Å². The minimum absolute atomic E-state index is 0.267. The standard InChI is InChI=1S/C22H24O3Si.C16H36O3Si/c1-2-3-19-26(23-20-13-7-4-8-14-20,24-21-15-9-5-10-16-21)25-22-17-11-6-12-18-22;1-11-12-13-20(17-14(2,3)4,18-15(5,6)7)19-16(8,9)10/h4-18H,2-3,19H2,1H3;11-13H2,1-10H3. The summed E-state index contributed by atoms with van der Waals surface area (Å²) < 4.78 is 38.3. The lowest BCUT2D eigenvalue weighted by Gasteiger charge is -2.43. The Hall–Kier alpha value is -2.63. The second-order valence-corrected chi connectivity index (χ2v) is 19.4.